The van der Waals surface area contributed by atoms with Crippen LogP contribution >= 0.6 is 34.5 Å². The number of rotatable bonds is 4. The zero-order valence-electron chi connectivity index (χ0n) is 14.6. The van der Waals surface area contributed by atoms with Gasteiger partial charge in [-0.05, 0) is 43.7 Å². The van der Waals surface area contributed by atoms with Gasteiger partial charge in [0.1, 0.15) is 0 Å². The molecule has 2 aromatic carbocycles. The van der Waals surface area contributed by atoms with Crippen LogP contribution in [-0.4, -0.2) is 35.4 Å². The first-order valence-corrected chi connectivity index (χ1v) is 10.5. The van der Waals surface area contributed by atoms with E-state index < -0.39 is 0 Å². The SMILES string of the molecule is O=C(CN1CCC[C@H](c2nc3ccccc3s2)C1)Nc1cccc(Cl)c1Cl. The number of hydrogen-bond acceptors (Lipinski definition) is 4. The molecule has 0 spiro atoms. The Balaban J connectivity index is 1.40. The molecule has 140 valence electrons. The summed E-state index contributed by atoms with van der Waals surface area (Å²) in [6.45, 7) is 2.10. The van der Waals surface area contributed by atoms with Crippen LogP contribution in [0.1, 0.15) is 23.8 Å². The van der Waals surface area contributed by atoms with Crippen LogP contribution in [0.25, 0.3) is 10.2 Å². The minimum absolute atomic E-state index is 0.0795. The number of likely N-dealkylation sites (tertiary alicyclic amines) is 1. The summed E-state index contributed by atoms with van der Waals surface area (Å²) < 4.78 is 1.22. The van der Waals surface area contributed by atoms with Gasteiger partial charge in [-0.25, -0.2) is 4.98 Å². The molecule has 1 N–H and O–H groups in total. The van der Waals surface area contributed by atoms with E-state index in [1.807, 2.05) is 12.1 Å². The molecule has 3 aromatic rings. The first-order chi connectivity index (χ1) is 13.1. The van der Waals surface area contributed by atoms with Gasteiger partial charge >= 0.3 is 0 Å². The van der Waals surface area contributed by atoms with Crippen LogP contribution in [-0.2, 0) is 4.79 Å². The standard InChI is InChI=1S/C20H19Cl2N3OS/c21-14-6-3-8-16(19(14)22)23-18(26)12-25-10-4-5-13(11-25)20-24-15-7-1-2-9-17(15)27-20/h1-3,6-9,13H,4-5,10-12H2,(H,23,26)/t13-/m0/s1. The lowest BCUT2D eigenvalue weighted by atomic mass is 9.99. The number of amides is 1. The van der Waals surface area contributed by atoms with E-state index in [2.05, 4.69) is 22.3 Å². The lowest BCUT2D eigenvalue weighted by molar-refractivity contribution is -0.117. The molecule has 4 rings (SSSR count). The Morgan fingerprint density at radius 1 is 1.22 bits per heavy atom. The Hall–Kier alpha value is -1.66. The summed E-state index contributed by atoms with van der Waals surface area (Å²) in [5.41, 5.74) is 1.61. The maximum Gasteiger partial charge on any atom is 0.238 e. The van der Waals surface area contributed by atoms with Gasteiger partial charge in [-0.15, -0.1) is 11.3 Å². The molecular weight excluding hydrogens is 401 g/mol. The molecule has 1 saturated heterocycles. The zero-order valence-corrected chi connectivity index (χ0v) is 16.9. The molecule has 7 heteroatoms. The van der Waals surface area contributed by atoms with Crippen LogP contribution in [0.2, 0.25) is 10.0 Å². The smallest absolute Gasteiger partial charge is 0.238 e. The van der Waals surface area contributed by atoms with Gasteiger partial charge in [0.15, 0.2) is 0 Å². The molecule has 27 heavy (non-hydrogen) atoms. The van der Waals surface area contributed by atoms with Crippen LogP contribution in [0.4, 0.5) is 5.69 Å². The van der Waals surface area contributed by atoms with E-state index in [1.165, 1.54) is 9.71 Å². The first kappa shape index (κ1) is 18.7. The van der Waals surface area contributed by atoms with Crippen molar-refractivity contribution in [3.8, 4) is 0 Å². The first-order valence-electron chi connectivity index (χ1n) is 8.92. The zero-order chi connectivity index (χ0) is 18.8. The van der Waals surface area contributed by atoms with Crippen molar-refractivity contribution in [2.24, 2.45) is 0 Å². The van der Waals surface area contributed by atoms with Gasteiger partial charge in [-0.2, -0.15) is 0 Å². The number of aromatic nitrogens is 1. The van der Waals surface area contributed by atoms with E-state index >= 15 is 0 Å². The van der Waals surface area contributed by atoms with E-state index in [4.69, 9.17) is 28.2 Å². The Kier molecular flexibility index (Phi) is 5.64. The number of piperidine rings is 1. The van der Waals surface area contributed by atoms with Crippen LogP contribution in [0.3, 0.4) is 0 Å². The van der Waals surface area contributed by atoms with Crippen molar-refractivity contribution in [1.82, 2.24) is 9.88 Å². The molecule has 0 saturated carbocycles. The number of para-hydroxylation sites is 1. The second kappa shape index (κ2) is 8.15. The summed E-state index contributed by atoms with van der Waals surface area (Å²) >= 11 is 13.9. The molecule has 2 heterocycles. The van der Waals surface area contributed by atoms with Crippen molar-refractivity contribution in [3.63, 3.8) is 0 Å². The van der Waals surface area contributed by atoms with Gasteiger partial charge in [-0.3, -0.25) is 9.69 Å². The van der Waals surface area contributed by atoms with Gasteiger partial charge in [0.05, 0.1) is 37.5 Å². The highest BCUT2D eigenvalue weighted by molar-refractivity contribution is 7.18. The minimum Gasteiger partial charge on any atom is -0.324 e. The molecule has 1 atom stereocenters. The number of nitrogens with zero attached hydrogens (tertiary/aromatic N) is 2. The van der Waals surface area contributed by atoms with Gasteiger partial charge in [0.25, 0.3) is 0 Å². The Bertz CT molecular complexity index is 942. The minimum atomic E-state index is -0.0795. The van der Waals surface area contributed by atoms with Crippen molar-refractivity contribution in [3.05, 3.63) is 57.5 Å². The van der Waals surface area contributed by atoms with Gasteiger partial charge in [0, 0.05) is 12.5 Å². The van der Waals surface area contributed by atoms with Crippen molar-refractivity contribution < 1.29 is 4.79 Å². The fraction of sp³-hybridized carbons (Fsp3) is 0.300. The summed E-state index contributed by atoms with van der Waals surface area (Å²) in [5.74, 6) is 0.294. The van der Waals surface area contributed by atoms with Gasteiger partial charge < -0.3 is 5.32 Å². The topological polar surface area (TPSA) is 45.2 Å². The number of thiazole rings is 1. The van der Waals surface area contributed by atoms with E-state index in [0.717, 1.165) is 31.4 Å². The third kappa shape index (κ3) is 4.27. The molecule has 1 aliphatic heterocycles. The number of anilines is 1. The van der Waals surface area contributed by atoms with Crippen LogP contribution in [0, 0.1) is 0 Å². The number of nitrogens with one attached hydrogen (secondary N) is 1. The lowest BCUT2D eigenvalue weighted by Crippen LogP contribution is -2.39. The second-order valence-corrected chi connectivity index (χ2v) is 8.59. The van der Waals surface area contributed by atoms with E-state index in [0.29, 0.717) is 28.2 Å². The molecule has 1 aromatic heterocycles. The van der Waals surface area contributed by atoms with Gasteiger partial charge in [0.2, 0.25) is 5.91 Å². The third-order valence-corrected chi connectivity index (χ3v) is 6.78. The fourth-order valence-corrected chi connectivity index (χ4v) is 4.90. The largest absolute Gasteiger partial charge is 0.324 e. The highest BCUT2D eigenvalue weighted by Gasteiger charge is 2.25. The number of carbonyl (C=O) groups is 1. The molecule has 1 aliphatic rings. The summed E-state index contributed by atoms with van der Waals surface area (Å²) in [6, 6.07) is 13.5. The quantitative estimate of drug-likeness (QED) is 0.613. The Morgan fingerprint density at radius 3 is 2.93 bits per heavy atom. The fourth-order valence-electron chi connectivity index (χ4n) is 3.46. The van der Waals surface area contributed by atoms with Crippen molar-refractivity contribution in [1.29, 1.82) is 0 Å². The van der Waals surface area contributed by atoms with Crippen molar-refractivity contribution >= 4 is 56.3 Å². The number of halogens is 2. The third-order valence-electron chi connectivity index (χ3n) is 4.76. The van der Waals surface area contributed by atoms with Gasteiger partial charge in [-0.1, -0.05) is 41.4 Å². The number of hydrogen-bond donors (Lipinski definition) is 1. The van der Waals surface area contributed by atoms with Crippen LogP contribution in [0.15, 0.2) is 42.5 Å². The predicted molar refractivity (Wildman–Crippen MR) is 113 cm³/mol. The van der Waals surface area contributed by atoms with Crippen molar-refractivity contribution in [2.75, 3.05) is 25.0 Å². The Morgan fingerprint density at radius 2 is 2.07 bits per heavy atom. The monoisotopic (exact) mass is 419 g/mol. The number of carbonyl (C=O) groups excluding carboxylic acids is 1. The molecule has 0 aliphatic carbocycles. The second-order valence-electron chi connectivity index (χ2n) is 6.74. The normalized spacial score (nSPS) is 17.9. The maximum absolute atomic E-state index is 12.5. The van der Waals surface area contributed by atoms with Crippen molar-refractivity contribution in [2.45, 2.75) is 18.8 Å². The molecule has 0 radical (unpaired) electrons. The summed E-state index contributed by atoms with van der Waals surface area (Å²) in [7, 11) is 0. The molecule has 0 bridgehead atoms. The summed E-state index contributed by atoms with van der Waals surface area (Å²) in [5, 5.41) is 4.84. The average Bonchev–Trinajstić information content (AvgIpc) is 3.10. The molecule has 1 fully saturated rings. The maximum atomic E-state index is 12.5. The molecular formula is C20H19Cl2N3OS. The van der Waals surface area contributed by atoms with E-state index in [9.17, 15) is 4.79 Å². The molecule has 0 unspecified atom stereocenters. The highest BCUT2D eigenvalue weighted by Crippen LogP contribution is 2.33. The summed E-state index contributed by atoms with van der Waals surface area (Å²) in [6.07, 6.45) is 2.17. The highest BCUT2D eigenvalue weighted by atomic mass is 35.5. The number of benzene rings is 2. The van der Waals surface area contributed by atoms with E-state index in [-0.39, 0.29) is 5.91 Å². The lowest BCUT2D eigenvalue weighted by Gasteiger charge is -2.31. The number of fused-ring (bicyclic) bond motifs is 1. The van der Waals surface area contributed by atoms with E-state index in [1.54, 1.807) is 29.5 Å². The average molecular weight is 420 g/mol. The Labute approximate surface area is 172 Å². The van der Waals surface area contributed by atoms with Crippen LogP contribution < -0.4 is 5.32 Å². The molecule has 1 amide bonds. The predicted octanol–water partition coefficient (Wildman–Crippen LogP) is 5.42. The van der Waals surface area contributed by atoms with Crippen LogP contribution in [0.5, 0.6) is 0 Å². The molecule has 4 nitrogen and oxygen atoms in total. The summed E-state index contributed by atoms with van der Waals surface area (Å²) in [4.78, 5) is 19.4.